The smallest absolute Gasteiger partial charge is 0.200 e. The predicted molar refractivity (Wildman–Crippen MR) is 73.2 cm³/mol. The number of phenols is 1. The molecule has 2 aromatic rings. The SMILES string of the molecule is COc1ccc(-c2cc(OC)c(O)c(OC)c2)cc1. The fraction of sp³-hybridized carbons (Fsp3) is 0.200. The molecule has 0 fully saturated rings. The van der Waals surface area contributed by atoms with Gasteiger partial charge < -0.3 is 19.3 Å². The topological polar surface area (TPSA) is 47.9 Å². The third-order valence-electron chi connectivity index (χ3n) is 2.90. The molecular formula is C15H16O4. The van der Waals surface area contributed by atoms with E-state index < -0.39 is 0 Å². The zero-order valence-electron chi connectivity index (χ0n) is 11.1. The van der Waals surface area contributed by atoms with Crippen LogP contribution in [0, 0.1) is 0 Å². The van der Waals surface area contributed by atoms with E-state index in [1.165, 1.54) is 14.2 Å². The summed E-state index contributed by atoms with van der Waals surface area (Å²) in [6.45, 7) is 0. The van der Waals surface area contributed by atoms with Gasteiger partial charge in [-0.25, -0.2) is 0 Å². The molecule has 0 heterocycles. The highest BCUT2D eigenvalue weighted by atomic mass is 16.5. The van der Waals surface area contributed by atoms with E-state index >= 15 is 0 Å². The number of hydrogen-bond donors (Lipinski definition) is 1. The van der Waals surface area contributed by atoms with Gasteiger partial charge in [-0.15, -0.1) is 0 Å². The van der Waals surface area contributed by atoms with Crippen LogP contribution >= 0.6 is 0 Å². The summed E-state index contributed by atoms with van der Waals surface area (Å²) < 4.78 is 15.4. The minimum absolute atomic E-state index is 0.00209. The molecule has 1 N–H and O–H groups in total. The molecule has 0 aliphatic rings. The monoisotopic (exact) mass is 260 g/mol. The first-order valence-electron chi connectivity index (χ1n) is 5.79. The average molecular weight is 260 g/mol. The molecule has 0 amide bonds. The van der Waals surface area contributed by atoms with Gasteiger partial charge in [0.2, 0.25) is 5.75 Å². The van der Waals surface area contributed by atoms with Gasteiger partial charge in [-0.3, -0.25) is 0 Å². The van der Waals surface area contributed by atoms with E-state index in [0.717, 1.165) is 16.9 Å². The van der Waals surface area contributed by atoms with Crippen molar-refractivity contribution in [3.63, 3.8) is 0 Å². The van der Waals surface area contributed by atoms with E-state index in [-0.39, 0.29) is 5.75 Å². The molecule has 0 aliphatic heterocycles. The van der Waals surface area contributed by atoms with Crippen LogP contribution in [-0.4, -0.2) is 26.4 Å². The molecule has 2 rings (SSSR count). The number of phenolic OH excluding ortho intramolecular Hbond substituents is 1. The number of aromatic hydroxyl groups is 1. The number of hydrogen-bond acceptors (Lipinski definition) is 4. The maximum atomic E-state index is 9.87. The highest BCUT2D eigenvalue weighted by Crippen LogP contribution is 2.40. The van der Waals surface area contributed by atoms with Crippen LogP contribution in [0.15, 0.2) is 36.4 Å². The van der Waals surface area contributed by atoms with Crippen molar-refractivity contribution in [2.75, 3.05) is 21.3 Å². The fourth-order valence-electron chi connectivity index (χ4n) is 1.84. The molecule has 0 atom stereocenters. The summed E-state index contributed by atoms with van der Waals surface area (Å²) in [6.07, 6.45) is 0. The van der Waals surface area contributed by atoms with E-state index in [1.807, 2.05) is 24.3 Å². The van der Waals surface area contributed by atoms with Gasteiger partial charge in [0.25, 0.3) is 0 Å². The van der Waals surface area contributed by atoms with Crippen LogP contribution in [0.3, 0.4) is 0 Å². The lowest BCUT2D eigenvalue weighted by atomic mass is 10.0. The van der Waals surface area contributed by atoms with Gasteiger partial charge in [0.05, 0.1) is 21.3 Å². The molecule has 100 valence electrons. The summed E-state index contributed by atoms with van der Waals surface area (Å²) in [5.74, 6) is 1.55. The first-order valence-corrected chi connectivity index (χ1v) is 5.79. The van der Waals surface area contributed by atoms with E-state index in [2.05, 4.69) is 0 Å². The molecule has 2 aromatic carbocycles. The van der Waals surface area contributed by atoms with Crippen LogP contribution in [0.5, 0.6) is 23.0 Å². The number of benzene rings is 2. The van der Waals surface area contributed by atoms with Gasteiger partial charge in [0.15, 0.2) is 11.5 Å². The molecular weight excluding hydrogens is 244 g/mol. The quantitative estimate of drug-likeness (QED) is 0.917. The van der Waals surface area contributed by atoms with Gasteiger partial charge in [-0.2, -0.15) is 0 Å². The van der Waals surface area contributed by atoms with Crippen molar-refractivity contribution in [3.8, 4) is 34.1 Å². The zero-order valence-corrected chi connectivity index (χ0v) is 11.1. The molecule has 0 spiro atoms. The summed E-state index contributed by atoms with van der Waals surface area (Å²) in [5, 5.41) is 9.87. The molecule has 0 bridgehead atoms. The number of ether oxygens (including phenoxy) is 3. The Morgan fingerprint density at radius 2 is 1.26 bits per heavy atom. The third kappa shape index (κ3) is 2.57. The Morgan fingerprint density at radius 3 is 1.68 bits per heavy atom. The van der Waals surface area contributed by atoms with Crippen molar-refractivity contribution in [2.45, 2.75) is 0 Å². The number of methoxy groups -OCH3 is 3. The normalized spacial score (nSPS) is 10.1. The molecule has 4 nitrogen and oxygen atoms in total. The lowest BCUT2D eigenvalue weighted by Gasteiger charge is -2.11. The molecule has 4 heteroatoms. The van der Waals surface area contributed by atoms with E-state index in [0.29, 0.717) is 11.5 Å². The van der Waals surface area contributed by atoms with Gasteiger partial charge in [0.1, 0.15) is 5.75 Å². The van der Waals surface area contributed by atoms with Crippen LogP contribution in [-0.2, 0) is 0 Å². The fourth-order valence-corrected chi connectivity index (χ4v) is 1.84. The second kappa shape index (κ2) is 5.52. The largest absolute Gasteiger partial charge is 0.502 e. The van der Waals surface area contributed by atoms with Gasteiger partial charge in [-0.05, 0) is 35.4 Å². The summed E-state index contributed by atoms with van der Waals surface area (Å²) in [4.78, 5) is 0. The molecule has 0 saturated heterocycles. The Kier molecular flexibility index (Phi) is 3.80. The average Bonchev–Trinajstić information content (AvgIpc) is 2.47. The van der Waals surface area contributed by atoms with E-state index in [1.54, 1.807) is 19.2 Å². The summed E-state index contributed by atoms with van der Waals surface area (Å²) in [7, 11) is 4.64. The lowest BCUT2D eigenvalue weighted by molar-refractivity contribution is 0.340. The van der Waals surface area contributed by atoms with Crippen LogP contribution in [0.4, 0.5) is 0 Å². The predicted octanol–water partition coefficient (Wildman–Crippen LogP) is 3.09. The second-order valence-electron chi connectivity index (χ2n) is 3.96. The van der Waals surface area contributed by atoms with Crippen LogP contribution in [0.2, 0.25) is 0 Å². The summed E-state index contributed by atoms with van der Waals surface area (Å²) in [6, 6.07) is 11.1. The molecule has 0 saturated carbocycles. The highest BCUT2D eigenvalue weighted by molar-refractivity contribution is 5.71. The minimum Gasteiger partial charge on any atom is -0.502 e. The minimum atomic E-state index is 0.00209. The van der Waals surface area contributed by atoms with E-state index in [9.17, 15) is 5.11 Å². The van der Waals surface area contributed by atoms with Crippen molar-refractivity contribution in [1.29, 1.82) is 0 Å². The Hall–Kier alpha value is -2.36. The standard InChI is InChI=1S/C15H16O4/c1-17-12-6-4-10(5-7-12)11-8-13(18-2)15(16)14(9-11)19-3/h4-9,16H,1-3H3. The van der Waals surface area contributed by atoms with Crippen LogP contribution < -0.4 is 14.2 Å². The zero-order chi connectivity index (χ0) is 13.8. The molecule has 0 unspecified atom stereocenters. The number of rotatable bonds is 4. The van der Waals surface area contributed by atoms with Gasteiger partial charge >= 0.3 is 0 Å². The first-order chi connectivity index (χ1) is 9.19. The van der Waals surface area contributed by atoms with Crippen LogP contribution in [0.25, 0.3) is 11.1 Å². The molecule has 19 heavy (non-hydrogen) atoms. The Bertz CT molecular complexity index is 536. The van der Waals surface area contributed by atoms with Crippen molar-refractivity contribution in [1.82, 2.24) is 0 Å². The summed E-state index contributed by atoms with van der Waals surface area (Å²) in [5.41, 5.74) is 1.88. The highest BCUT2D eigenvalue weighted by Gasteiger charge is 2.12. The summed E-state index contributed by atoms with van der Waals surface area (Å²) >= 11 is 0. The molecule has 0 aromatic heterocycles. The Balaban J connectivity index is 2.48. The Labute approximate surface area is 112 Å². The van der Waals surface area contributed by atoms with Gasteiger partial charge in [-0.1, -0.05) is 12.1 Å². The lowest BCUT2D eigenvalue weighted by Crippen LogP contribution is -1.90. The maximum Gasteiger partial charge on any atom is 0.200 e. The first kappa shape index (κ1) is 13.1. The molecule has 0 radical (unpaired) electrons. The van der Waals surface area contributed by atoms with Crippen molar-refractivity contribution < 1.29 is 19.3 Å². The van der Waals surface area contributed by atoms with Gasteiger partial charge in [0, 0.05) is 0 Å². The second-order valence-corrected chi connectivity index (χ2v) is 3.96. The molecule has 0 aliphatic carbocycles. The van der Waals surface area contributed by atoms with Crippen molar-refractivity contribution in [3.05, 3.63) is 36.4 Å². The van der Waals surface area contributed by atoms with Crippen molar-refractivity contribution >= 4 is 0 Å². The van der Waals surface area contributed by atoms with Crippen LogP contribution in [0.1, 0.15) is 0 Å². The van der Waals surface area contributed by atoms with E-state index in [4.69, 9.17) is 14.2 Å². The Morgan fingerprint density at radius 1 is 0.737 bits per heavy atom. The maximum absolute atomic E-state index is 9.87. The van der Waals surface area contributed by atoms with Crippen molar-refractivity contribution in [2.24, 2.45) is 0 Å². The third-order valence-corrected chi connectivity index (χ3v) is 2.90.